The Hall–Kier alpha value is -3.65. The first kappa shape index (κ1) is 25.4. The molecule has 1 N–H and O–H groups in total. The Kier molecular flexibility index (Phi) is 7.45. The van der Waals surface area contributed by atoms with Crippen LogP contribution in [0, 0.1) is 12.8 Å². The van der Waals surface area contributed by atoms with Crippen molar-refractivity contribution in [3.05, 3.63) is 85.3 Å². The highest BCUT2D eigenvalue weighted by molar-refractivity contribution is 6.30. The van der Waals surface area contributed by atoms with Crippen molar-refractivity contribution in [2.24, 2.45) is 5.92 Å². The van der Waals surface area contributed by atoms with Crippen molar-refractivity contribution in [2.45, 2.75) is 53.6 Å². The second-order valence-corrected chi connectivity index (χ2v) is 9.61. The quantitative estimate of drug-likeness (QED) is 0.338. The predicted molar refractivity (Wildman–Crippen MR) is 141 cm³/mol. The maximum Gasteiger partial charge on any atom is 0.354 e. The molecule has 2 aromatic carbocycles. The van der Waals surface area contributed by atoms with E-state index in [4.69, 9.17) is 16.0 Å². The van der Waals surface area contributed by atoms with Crippen molar-refractivity contribution in [1.82, 2.24) is 14.1 Å². The number of furan rings is 1. The number of nitrogens with one attached hydrogen (secondary N) is 1. The van der Waals surface area contributed by atoms with Crippen LogP contribution in [0.4, 0.5) is 11.6 Å². The molecule has 0 aliphatic carbocycles. The van der Waals surface area contributed by atoms with Gasteiger partial charge in [0.15, 0.2) is 0 Å². The number of carbonyl (C=O) groups is 1. The molecule has 4 rings (SSSR count). The summed E-state index contributed by atoms with van der Waals surface area (Å²) in [5.41, 5.74) is 2.15. The number of anilines is 2. The van der Waals surface area contributed by atoms with E-state index in [9.17, 15) is 14.4 Å². The maximum atomic E-state index is 13.5. The molecule has 0 amide bonds. The van der Waals surface area contributed by atoms with Gasteiger partial charge in [-0.25, -0.2) is 14.2 Å². The van der Waals surface area contributed by atoms with Gasteiger partial charge in [0.25, 0.3) is 0 Å². The molecular weight excluding hydrogens is 480 g/mol. The smallest absolute Gasteiger partial charge is 0.354 e. The molecule has 36 heavy (non-hydrogen) atoms. The lowest BCUT2D eigenvalue weighted by molar-refractivity contribution is -0.117. The predicted octanol–water partition coefficient (Wildman–Crippen LogP) is 5.08. The van der Waals surface area contributed by atoms with Gasteiger partial charge in [0.1, 0.15) is 17.1 Å². The zero-order chi connectivity index (χ0) is 26.0. The van der Waals surface area contributed by atoms with Crippen molar-refractivity contribution < 1.29 is 9.21 Å². The van der Waals surface area contributed by atoms with E-state index in [2.05, 4.69) is 10.3 Å². The number of aromatic nitrogens is 3. The fourth-order valence-electron chi connectivity index (χ4n) is 4.38. The number of rotatable bonds is 9. The Morgan fingerprint density at radius 2 is 1.86 bits per heavy atom. The Labute approximate surface area is 213 Å². The second-order valence-electron chi connectivity index (χ2n) is 9.17. The monoisotopic (exact) mass is 508 g/mol. The van der Waals surface area contributed by atoms with Crippen LogP contribution >= 0.6 is 11.6 Å². The molecular formula is C27H29ClN4O4. The third-order valence-electron chi connectivity index (χ3n) is 6.15. The second kappa shape index (κ2) is 10.5. The average molecular weight is 509 g/mol. The van der Waals surface area contributed by atoms with Crippen LogP contribution in [0.25, 0.3) is 11.0 Å². The van der Waals surface area contributed by atoms with Crippen molar-refractivity contribution in [1.29, 1.82) is 0 Å². The summed E-state index contributed by atoms with van der Waals surface area (Å²) in [6, 6.07) is 12.7. The van der Waals surface area contributed by atoms with Crippen LogP contribution in [-0.2, 0) is 24.3 Å². The van der Waals surface area contributed by atoms with Gasteiger partial charge < -0.3 is 14.5 Å². The molecule has 0 aliphatic heterocycles. The summed E-state index contributed by atoms with van der Waals surface area (Å²) >= 11 is 6.03. The van der Waals surface area contributed by atoms with Gasteiger partial charge in [0.2, 0.25) is 5.95 Å². The van der Waals surface area contributed by atoms with Crippen molar-refractivity contribution in [3.8, 4) is 0 Å². The molecule has 8 nitrogen and oxygen atoms in total. The first-order valence-corrected chi connectivity index (χ1v) is 12.3. The number of fused-ring (bicyclic) bond motifs is 1. The van der Waals surface area contributed by atoms with Crippen LogP contribution in [0.5, 0.6) is 0 Å². The van der Waals surface area contributed by atoms with Gasteiger partial charge in [-0.1, -0.05) is 37.6 Å². The minimum Gasteiger partial charge on any atom is -0.461 e. The van der Waals surface area contributed by atoms with Gasteiger partial charge in [0.05, 0.1) is 6.54 Å². The minimum absolute atomic E-state index is 0.000512. The van der Waals surface area contributed by atoms with Gasteiger partial charge in [-0.3, -0.25) is 4.57 Å². The molecule has 0 saturated heterocycles. The first-order valence-electron chi connectivity index (χ1n) is 11.9. The largest absolute Gasteiger partial charge is 0.461 e. The Bertz CT molecular complexity index is 1530. The number of hydrogen-bond acceptors (Lipinski definition) is 6. The zero-order valence-corrected chi connectivity index (χ0v) is 21.6. The van der Waals surface area contributed by atoms with Gasteiger partial charge in [-0.15, -0.1) is 0 Å². The molecule has 0 radical (unpaired) electrons. The van der Waals surface area contributed by atoms with E-state index in [-0.39, 0.29) is 37.2 Å². The average Bonchev–Trinajstić information content (AvgIpc) is 3.15. The van der Waals surface area contributed by atoms with Crippen molar-refractivity contribution in [3.63, 3.8) is 0 Å². The number of carbonyl (C=O) groups excluding carboxylic acids is 1. The highest BCUT2D eigenvalue weighted by atomic mass is 35.5. The highest BCUT2D eigenvalue weighted by Crippen LogP contribution is 2.29. The minimum atomic E-state index is -0.668. The van der Waals surface area contributed by atoms with E-state index < -0.39 is 11.4 Å². The molecule has 2 aromatic heterocycles. The molecule has 0 fully saturated rings. The topological polar surface area (TPSA) is 99.1 Å². The standard InChI is InChI=1S/C27H29ClN4O4/c1-5-23-18(4)22-13-21(10-11-24(22)36-23)29-25-30-26(34)32(14-16(2)12-17(3)33)27(35)31(25)15-19-6-8-20(28)9-7-19/h6-11,13,16H,5,12,14-15H2,1-4H3,(H,29,30,34)/t16-/m0/s1. The summed E-state index contributed by atoms with van der Waals surface area (Å²) in [5, 5.41) is 4.70. The number of aryl methyl sites for hydroxylation is 2. The fourth-order valence-corrected chi connectivity index (χ4v) is 4.50. The third-order valence-corrected chi connectivity index (χ3v) is 6.40. The molecule has 4 aromatic rings. The summed E-state index contributed by atoms with van der Waals surface area (Å²) in [6.07, 6.45) is 1.05. The molecule has 2 heterocycles. The third kappa shape index (κ3) is 5.44. The lowest BCUT2D eigenvalue weighted by Crippen LogP contribution is -2.43. The molecule has 188 valence electrons. The van der Waals surface area contributed by atoms with Crippen LogP contribution in [0.3, 0.4) is 0 Å². The number of hydrogen-bond donors (Lipinski definition) is 1. The van der Waals surface area contributed by atoms with E-state index in [1.54, 1.807) is 12.1 Å². The van der Waals surface area contributed by atoms with Crippen LogP contribution in [-0.4, -0.2) is 19.9 Å². The van der Waals surface area contributed by atoms with Gasteiger partial charge in [-0.05, 0) is 61.2 Å². The van der Waals surface area contributed by atoms with Crippen molar-refractivity contribution in [2.75, 3.05) is 5.32 Å². The molecule has 0 unspecified atom stereocenters. The van der Waals surface area contributed by atoms with Crippen LogP contribution < -0.4 is 16.7 Å². The van der Waals surface area contributed by atoms with Gasteiger partial charge in [-0.2, -0.15) is 4.98 Å². The molecule has 0 saturated carbocycles. The number of Topliss-reactive ketones (excluding diaryl/α,β-unsaturated/α-hetero) is 1. The Morgan fingerprint density at radius 3 is 2.53 bits per heavy atom. The van der Waals surface area contributed by atoms with E-state index in [0.717, 1.165) is 38.8 Å². The lowest BCUT2D eigenvalue weighted by atomic mass is 10.1. The Balaban J connectivity index is 1.77. The zero-order valence-electron chi connectivity index (χ0n) is 20.8. The number of nitrogens with zero attached hydrogens (tertiary/aromatic N) is 3. The molecule has 1 atom stereocenters. The maximum absolute atomic E-state index is 13.5. The first-order chi connectivity index (χ1) is 17.2. The summed E-state index contributed by atoms with van der Waals surface area (Å²) in [4.78, 5) is 42.2. The normalized spacial score (nSPS) is 12.1. The van der Waals surface area contributed by atoms with Crippen molar-refractivity contribution >= 4 is 40.0 Å². The lowest BCUT2D eigenvalue weighted by Gasteiger charge is -2.17. The van der Waals surface area contributed by atoms with Crippen LogP contribution in [0.2, 0.25) is 5.02 Å². The SMILES string of the molecule is CCc1oc2ccc(Nc3nc(=O)n(C[C@@H](C)CC(C)=O)c(=O)n3Cc3ccc(Cl)cc3)cc2c1C. The molecule has 0 aliphatic rings. The summed E-state index contributed by atoms with van der Waals surface area (Å²) in [7, 11) is 0. The number of ketones is 1. The van der Waals surface area contributed by atoms with Crippen LogP contribution in [0.15, 0.2) is 56.5 Å². The molecule has 0 bridgehead atoms. The van der Waals surface area contributed by atoms with E-state index in [1.807, 2.05) is 51.1 Å². The summed E-state index contributed by atoms with van der Waals surface area (Å²) < 4.78 is 8.41. The van der Waals surface area contributed by atoms with Gasteiger partial charge >= 0.3 is 11.4 Å². The fraction of sp³-hybridized carbons (Fsp3) is 0.333. The molecule has 0 spiro atoms. The Morgan fingerprint density at radius 1 is 1.14 bits per heavy atom. The van der Waals surface area contributed by atoms with E-state index >= 15 is 0 Å². The number of halogens is 1. The molecule has 9 heteroatoms. The highest BCUT2D eigenvalue weighted by Gasteiger charge is 2.18. The van der Waals surface area contributed by atoms with E-state index in [0.29, 0.717) is 10.7 Å². The summed E-state index contributed by atoms with van der Waals surface area (Å²) in [5.74, 6) is 0.866. The van der Waals surface area contributed by atoms with Crippen LogP contribution in [0.1, 0.15) is 44.1 Å². The van der Waals surface area contributed by atoms with Gasteiger partial charge in [0, 0.05) is 35.5 Å². The van der Waals surface area contributed by atoms with E-state index in [1.165, 1.54) is 11.5 Å². The summed E-state index contributed by atoms with van der Waals surface area (Å²) in [6.45, 7) is 7.65. The number of benzene rings is 2.